The fourth-order valence-electron chi connectivity index (χ4n) is 3.83. The molecule has 1 saturated heterocycles. The van der Waals surface area contributed by atoms with Gasteiger partial charge >= 0.3 is 0 Å². The second kappa shape index (κ2) is 10.2. The molecule has 0 bridgehead atoms. The van der Waals surface area contributed by atoms with E-state index in [1.165, 1.54) is 10.6 Å². The van der Waals surface area contributed by atoms with Gasteiger partial charge in [0.1, 0.15) is 17.2 Å². The van der Waals surface area contributed by atoms with Crippen LogP contribution in [0.2, 0.25) is 0 Å². The molecule has 0 aromatic heterocycles. The van der Waals surface area contributed by atoms with Gasteiger partial charge in [0.15, 0.2) is 6.54 Å². The Hall–Kier alpha value is -2.93. The van der Waals surface area contributed by atoms with Crippen LogP contribution >= 0.6 is 0 Å². The summed E-state index contributed by atoms with van der Waals surface area (Å²) in [4.78, 5) is 16.3. The molecule has 0 unspecified atom stereocenters. The van der Waals surface area contributed by atoms with Gasteiger partial charge in [-0.3, -0.25) is 4.79 Å². The molecule has 1 fully saturated rings. The second-order valence-electron chi connectivity index (χ2n) is 7.51. The van der Waals surface area contributed by atoms with Crippen molar-refractivity contribution in [3.05, 3.63) is 48.0 Å². The van der Waals surface area contributed by atoms with E-state index in [1.54, 1.807) is 21.3 Å². The smallest absolute Gasteiger partial charge is 0.275 e. The van der Waals surface area contributed by atoms with E-state index in [0.29, 0.717) is 6.54 Å². The number of ether oxygens (including phenoxy) is 3. The van der Waals surface area contributed by atoms with Gasteiger partial charge in [-0.25, -0.2) is 0 Å². The molecule has 0 saturated carbocycles. The molecule has 1 heterocycles. The summed E-state index contributed by atoms with van der Waals surface area (Å²) in [7, 11) is 4.93. The molecule has 162 valence electrons. The summed E-state index contributed by atoms with van der Waals surface area (Å²) in [6.07, 6.45) is 0. The Morgan fingerprint density at radius 3 is 2.23 bits per heavy atom. The minimum atomic E-state index is -0.164. The molecule has 0 spiro atoms. The number of quaternary nitrogens is 1. The number of piperazine rings is 1. The molecule has 2 aromatic carbocycles. The third-order valence-electron chi connectivity index (χ3n) is 5.60. The number of benzene rings is 2. The highest BCUT2D eigenvalue weighted by Crippen LogP contribution is 2.29. The van der Waals surface area contributed by atoms with E-state index in [4.69, 9.17) is 14.2 Å². The minimum absolute atomic E-state index is 0.0419. The van der Waals surface area contributed by atoms with Crippen molar-refractivity contribution in [3.63, 3.8) is 0 Å². The number of nitrogens with one attached hydrogen (secondary N) is 2. The van der Waals surface area contributed by atoms with Crippen LogP contribution in [0.5, 0.6) is 17.2 Å². The van der Waals surface area contributed by atoms with E-state index in [-0.39, 0.29) is 11.9 Å². The van der Waals surface area contributed by atoms with Crippen LogP contribution in [0.3, 0.4) is 0 Å². The Morgan fingerprint density at radius 1 is 1.00 bits per heavy atom. The van der Waals surface area contributed by atoms with E-state index >= 15 is 0 Å². The zero-order valence-corrected chi connectivity index (χ0v) is 18.2. The molecule has 1 amide bonds. The number of anilines is 1. The number of methoxy groups -OCH3 is 3. The predicted molar refractivity (Wildman–Crippen MR) is 117 cm³/mol. The van der Waals surface area contributed by atoms with Crippen LogP contribution in [0.15, 0.2) is 42.5 Å². The highest BCUT2D eigenvalue weighted by Gasteiger charge is 2.24. The molecule has 7 nitrogen and oxygen atoms in total. The Morgan fingerprint density at radius 2 is 1.63 bits per heavy atom. The zero-order valence-electron chi connectivity index (χ0n) is 18.2. The van der Waals surface area contributed by atoms with E-state index in [1.807, 2.05) is 37.3 Å². The molecule has 7 heteroatoms. The van der Waals surface area contributed by atoms with Gasteiger partial charge in [-0.2, -0.15) is 0 Å². The number of hydrogen-bond donors (Lipinski definition) is 2. The lowest BCUT2D eigenvalue weighted by atomic mass is 10.1. The van der Waals surface area contributed by atoms with Crippen molar-refractivity contribution in [2.24, 2.45) is 0 Å². The number of rotatable bonds is 8. The van der Waals surface area contributed by atoms with Crippen molar-refractivity contribution in [3.8, 4) is 17.2 Å². The standard InChI is InChI=1S/C23H31N3O4/c1-17(21-15-20(29-3)9-10-22(21)30-4)24-23(27)16-25-11-13-26(14-12-25)18-5-7-19(28-2)8-6-18/h5-10,15,17H,11-14,16H2,1-4H3,(H,24,27)/p+1/t17-/m1/s1. The molecule has 1 aliphatic rings. The van der Waals surface area contributed by atoms with Crippen molar-refractivity contribution in [2.45, 2.75) is 13.0 Å². The Balaban J connectivity index is 1.51. The Kier molecular flexibility index (Phi) is 7.41. The van der Waals surface area contributed by atoms with Crippen LogP contribution in [0, 0.1) is 0 Å². The van der Waals surface area contributed by atoms with E-state index in [0.717, 1.165) is 49.0 Å². The van der Waals surface area contributed by atoms with Crippen LogP contribution in [-0.4, -0.2) is 60.0 Å². The van der Waals surface area contributed by atoms with E-state index in [2.05, 4.69) is 22.3 Å². The number of carbonyl (C=O) groups excluding carboxylic acids is 1. The topological polar surface area (TPSA) is 64.5 Å². The van der Waals surface area contributed by atoms with Gasteiger partial charge in [-0.15, -0.1) is 0 Å². The highest BCUT2D eigenvalue weighted by molar-refractivity contribution is 5.77. The monoisotopic (exact) mass is 414 g/mol. The minimum Gasteiger partial charge on any atom is -0.497 e. The Labute approximate surface area is 178 Å². The van der Waals surface area contributed by atoms with Crippen molar-refractivity contribution in [2.75, 3.05) is 59.0 Å². The lowest BCUT2D eigenvalue weighted by molar-refractivity contribution is -0.892. The summed E-state index contributed by atoms with van der Waals surface area (Å²) in [5, 5.41) is 3.10. The quantitative estimate of drug-likeness (QED) is 0.682. The maximum Gasteiger partial charge on any atom is 0.275 e. The first-order valence-corrected chi connectivity index (χ1v) is 10.3. The average molecular weight is 415 g/mol. The molecule has 1 aliphatic heterocycles. The summed E-state index contributed by atoms with van der Waals surface area (Å²) < 4.78 is 16.0. The van der Waals surface area contributed by atoms with Gasteiger partial charge in [0, 0.05) is 11.3 Å². The average Bonchev–Trinajstić information content (AvgIpc) is 2.79. The van der Waals surface area contributed by atoms with Crippen LogP contribution in [0.1, 0.15) is 18.5 Å². The zero-order chi connectivity index (χ0) is 21.5. The maximum absolute atomic E-state index is 12.6. The summed E-state index contributed by atoms with van der Waals surface area (Å²) in [6, 6.07) is 13.6. The molecule has 2 N–H and O–H groups in total. The fourth-order valence-corrected chi connectivity index (χ4v) is 3.83. The van der Waals surface area contributed by atoms with Gasteiger partial charge in [0.05, 0.1) is 53.6 Å². The van der Waals surface area contributed by atoms with Gasteiger partial charge in [0.25, 0.3) is 5.91 Å². The third-order valence-corrected chi connectivity index (χ3v) is 5.60. The van der Waals surface area contributed by atoms with Crippen molar-refractivity contribution >= 4 is 11.6 Å². The largest absolute Gasteiger partial charge is 0.497 e. The molecular weight excluding hydrogens is 382 g/mol. The number of nitrogens with zero attached hydrogens (tertiary/aromatic N) is 1. The first kappa shape index (κ1) is 21.8. The van der Waals surface area contributed by atoms with Crippen LogP contribution in [-0.2, 0) is 4.79 Å². The molecule has 0 aliphatic carbocycles. The van der Waals surface area contributed by atoms with Gasteiger partial charge in [-0.1, -0.05) is 0 Å². The molecular formula is C23H32N3O4+. The van der Waals surface area contributed by atoms with Gasteiger partial charge in [-0.05, 0) is 49.4 Å². The van der Waals surface area contributed by atoms with Crippen molar-refractivity contribution in [1.29, 1.82) is 0 Å². The number of carbonyl (C=O) groups is 1. The molecule has 0 radical (unpaired) electrons. The van der Waals surface area contributed by atoms with E-state index in [9.17, 15) is 4.79 Å². The normalized spacial score (nSPS) is 15.4. The first-order valence-electron chi connectivity index (χ1n) is 10.3. The summed E-state index contributed by atoms with van der Waals surface area (Å²) >= 11 is 0. The first-order chi connectivity index (χ1) is 14.5. The SMILES string of the molecule is COc1ccc(N2CC[NH+](CC(=O)N[C@H](C)c3cc(OC)ccc3OC)CC2)cc1. The van der Waals surface area contributed by atoms with Gasteiger partial charge < -0.3 is 29.3 Å². The van der Waals surface area contributed by atoms with Crippen LogP contribution < -0.4 is 29.3 Å². The van der Waals surface area contributed by atoms with Crippen LogP contribution in [0.4, 0.5) is 5.69 Å². The lowest BCUT2D eigenvalue weighted by Gasteiger charge is -2.33. The molecule has 30 heavy (non-hydrogen) atoms. The highest BCUT2D eigenvalue weighted by atomic mass is 16.5. The second-order valence-corrected chi connectivity index (χ2v) is 7.51. The Bertz CT molecular complexity index is 833. The lowest BCUT2D eigenvalue weighted by Crippen LogP contribution is -3.15. The van der Waals surface area contributed by atoms with E-state index < -0.39 is 0 Å². The maximum atomic E-state index is 12.6. The molecule has 3 rings (SSSR count). The summed E-state index contributed by atoms with van der Waals surface area (Å²) in [5.74, 6) is 2.39. The summed E-state index contributed by atoms with van der Waals surface area (Å²) in [5.41, 5.74) is 2.10. The van der Waals surface area contributed by atoms with Crippen LogP contribution in [0.25, 0.3) is 0 Å². The molecule has 1 atom stereocenters. The fraction of sp³-hybridized carbons (Fsp3) is 0.435. The number of amides is 1. The third kappa shape index (κ3) is 5.36. The van der Waals surface area contributed by atoms with Crippen molar-refractivity contribution in [1.82, 2.24) is 5.32 Å². The molecule has 2 aromatic rings. The summed E-state index contributed by atoms with van der Waals surface area (Å²) in [6.45, 7) is 6.13. The number of hydrogen-bond acceptors (Lipinski definition) is 5. The predicted octanol–water partition coefficient (Wildman–Crippen LogP) is 1.29. The van der Waals surface area contributed by atoms with Crippen molar-refractivity contribution < 1.29 is 23.9 Å². The van der Waals surface area contributed by atoms with Gasteiger partial charge in [0.2, 0.25) is 0 Å².